The topological polar surface area (TPSA) is 84.5 Å². The zero-order chi connectivity index (χ0) is 15.9. The molecule has 0 saturated carbocycles. The van der Waals surface area contributed by atoms with Crippen LogP contribution in [0.2, 0.25) is 0 Å². The van der Waals surface area contributed by atoms with Crippen LogP contribution in [-0.2, 0) is 14.8 Å². The lowest BCUT2D eigenvalue weighted by atomic mass is 10.2. The van der Waals surface area contributed by atoms with Crippen LogP contribution < -0.4 is 10.0 Å². The van der Waals surface area contributed by atoms with Crippen molar-refractivity contribution in [2.24, 2.45) is 0 Å². The lowest BCUT2D eigenvalue weighted by molar-refractivity contribution is 0.0600. The highest BCUT2D eigenvalue weighted by atomic mass is 32.2. The smallest absolute Gasteiger partial charge is 0.337 e. The third-order valence-electron chi connectivity index (χ3n) is 2.76. The molecule has 0 aliphatic heterocycles. The Morgan fingerprint density at radius 3 is 2.62 bits per heavy atom. The minimum Gasteiger partial charge on any atom is -0.465 e. The number of benzene rings is 1. The van der Waals surface area contributed by atoms with E-state index in [1.807, 2.05) is 13.8 Å². The van der Waals surface area contributed by atoms with Gasteiger partial charge in [-0.25, -0.2) is 17.9 Å². The molecule has 6 nitrogen and oxygen atoms in total. The van der Waals surface area contributed by atoms with Crippen LogP contribution in [0.25, 0.3) is 0 Å². The van der Waals surface area contributed by atoms with E-state index in [2.05, 4.69) is 14.8 Å². The Labute approximate surface area is 125 Å². The summed E-state index contributed by atoms with van der Waals surface area (Å²) in [6.45, 7) is 5.14. The van der Waals surface area contributed by atoms with Crippen molar-refractivity contribution in [3.05, 3.63) is 29.8 Å². The number of sulfonamides is 1. The zero-order valence-corrected chi connectivity index (χ0v) is 13.4. The van der Waals surface area contributed by atoms with Crippen molar-refractivity contribution in [3.63, 3.8) is 0 Å². The fourth-order valence-electron chi connectivity index (χ4n) is 1.68. The molecule has 1 rings (SSSR count). The Balaban J connectivity index is 2.64. The first kappa shape index (κ1) is 17.6. The van der Waals surface area contributed by atoms with E-state index in [9.17, 15) is 13.2 Å². The maximum absolute atomic E-state index is 12.1. The van der Waals surface area contributed by atoms with E-state index in [1.165, 1.54) is 31.4 Å². The van der Waals surface area contributed by atoms with Gasteiger partial charge in [-0.05, 0) is 31.2 Å². The minimum absolute atomic E-state index is 0.0576. The van der Waals surface area contributed by atoms with E-state index in [0.717, 1.165) is 6.54 Å². The van der Waals surface area contributed by atoms with Crippen molar-refractivity contribution in [1.82, 2.24) is 10.0 Å². The van der Waals surface area contributed by atoms with Gasteiger partial charge in [-0.15, -0.1) is 0 Å². The number of methoxy groups -OCH3 is 1. The third-order valence-corrected chi connectivity index (χ3v) is 4.22. The molecule has 0 spiro atoms. The third kappa shape index (κ3) is 5.82. The SMILES string of the molecule is COC(=O)c1cccc(S(=O)(=O)NCCCNC(C)C)c1. The maximum atomic E-state index is 12.1. The first-order chi connectivity index (χ1) is 9.86. The van der Waals surface area contributed by atoms with Crippen LogP contribution in [0.15, 0.2) is 29.2 Å². The van der Waals surface area contributed by atoms with Crippen LogP contribution in [0.5, 0.6) is 0 Å². The molecule has 1 aromatic carbocycles. The minimum atomic E-state index is -3.61. The molecule has 0 amide bonds. The summed E-state index contributed by atoms with van der Waals surface area (Å²) in [6.07, 6.45) is 0.689. The average molecular weight is 314 g/mol. The predicted octanol–water partition coefficient (Wildman–Crippen LogP) is 1.14. The summed E-state index contributed by atoms with van der Waals surface area (Å²) in [6, 6.07) is 6.15. The number of esters is 1. The second kappa shape index (κ2) is 8.11. The van der Waals surface area contributed by atoms with E-state index in [4.69, 9.17) is 0 Å². The summed E-state index contributed by atoms with van der Waals surface area (Å²) >= 11 is 0. The highest BCUT2D eigenvalue weighted by Crippen LogP contribution is 2.12. The van der Waals surface area contributed by atoms with Crippen molar-refractivity contribution in [2.45, 2.75) is 31.2 Å². The van der Waals surface area contributed by atoms with E-state index in [0.29, 0.717) is 19.0 Å². The lowest BCUT2D eigenvalue weighted by Gasteiger charge is -2.10. The van der Waals surface area contributed by atoms with Gasteiger partial charge < -0.3 is 10.1 Å². The van der Waals surface area contributed by atoms with Gasteiger partial charge in [0, 0.05) is 12.6 Å². The summed E-state index contributed by atoms with van der Waals surface area (Å²) in [5.74, 6) is -0.562. The van der Waals surface area contributed by atoms with Crippen LogP contribution >= 0.6 is 0 Å². The molecule has 2 N–H and O–H groups in total. The molecule has 0 aliphatic rings. The van der Waals surface area contributed by atoms with Crippen molar-refractivity contribution < 1.29 is 17.9 Å². The van der Waals surface area contributed by atoms with E-state index in [1.54, 1.807) is 0 Å². The number of ether oxygens (including phenoxy) is 1. The molecule has 1 aromatic rings. The van der Waals surface area contributed by atoms with E-state index < -0.39 is 16.0 Å². The number of carbonyl (C=O) groups excluding carboxylic acids is 1. The highest BCUT2D eigenvalue weighted by Gasteiger charge is 2.15. The molecule has 0 saturated heterocycles. The number of rotatable bonds is 8. The summed E-state index contributed by atoms with van der Waals surface area (Å²) in [7, 11) is -2.36. The first-order valence-electron chi connectivity index (χ1n) is 6.78. The van der Waals surface area contributed by atoms with Crippen LogP contribution in [0.1, 0.15) is 30.6 Å². The lowest BCUT2D eigenvalue weighted by Crippen LogP contribution is -2.29. The second-order valence-electron chi connectivity index (χ2n) is 4.88. The van der Waals surface area contributed by atoms with Crippen molar-refractivity contribution in [3.8, 4) is 0 Å². The van der Waals surface area contributed by atoms with Crippen LogP contribution in [-0.4, -0.2) is 40.6 Å². The van der Waals surface area contributed by atoms with Crippen LogP contribution in [0, 0.1) is 0 Å². The molecular weight excluding hydrogens is 292 g/mol. The summed E-state index contributed by atoms with van der Waals surface area (Å²) in [5.41, 5.74) is 0.210. The van der Waals surface area contributed by atoms with Crippen LogP contribution in [0.4, 0.5) is 0 Å². The van der Waals surface area contributed by atoms with Gasteiger partial charge in [-0.2, -0.15) is 0 Å². The quantitative estimate of drug-likeness (QED) is 0.555. The highest BCUT2D eigenvalue weighted by molar-refractivity contribution is 7.89. The van der Waals surface area contributed by atoms with Gasteiger partial charge in [0.15, 0.2) is 0 Å². The van der Waals surface area contributed by atoms with Gasteiger partial charge in [0.05, 0.1) is 17.6 Å². The zero-order valence-electron chi connectivity index (χ0n) is 12.5. The predicted molar refractivity (Wildman–Crippen MR) is 80.7 cm³/mol. The Morgan fingerprint density at radius 2 is 2.00 bits per heavy atom. The largest absolute Gasteiger partial charge is 0.465 e. The Hall–Kier alpha value is -1.44. The fraction of sp³-hybridized carbons (Fsp3) is 0.500. The molecule has 0 aliphatic carbocycles. The van der Waals surface area contributed by atoms with Crippen LogP contribution in [0.3, 0.4) is 0 Å². The molecule has 0 unspecified atom stereocenters. The molecule has 0 heterocycles. The number of hydrogen-bond acceptors (Lipinski definition) is 5. The Bertz CT molecular complexity index is 570. The van der Waals surface area contributed by atoms with Gasteiger partial charge in [0.25, 0.3) is 0 Å². The fourth-order valence-corrected chi connectivity index (χ4v) is 2.80. The van der Waals surface area contributed by atoms with Crippen molar-refractivity contribution in [1.29, 1.82) is 0 Å². The van der Waals surface area contributed by atoms with E-state index >= 15 is 0 Å². The molecule has 118 valence electrons. The molecule has 0 radical (unpaired) electrons. The number of nitrogens with one attached hydrogen (secondary N) is 2. The maximum Gasteiger partial charge on any atom is 0.337 e. The molecule has 0 atom stereocenters. The van der Waals surface area contributed by atoms with Gasteiger partial charge in [0.1, 0.15) is 0 Å². The number of carbonyl (C=O) groups is 1. The monoisotopic (exact) mass is 314 g/mol. The molecule has 21 heavy (non-hydrogen) atoms. The van der Waals surface area contributed by atoms with Gasteiger partial charge in [0.2, 0.25) is 10.0 Å². The Morgan fingerprint density at radius 1 is 1.29 bits per heavy atom. The summed E-state index contributed by atoms with van der Waals surface area (Å²) < 4.78 is 31.3. The van der Waals surface area contributed by atoms with Gasteiger partial charge >= 0.3 is 5.97 Å². The molecule has 0 fully saturated rings. The van der Waals surface area contributed by atoms with Crippen molar-refractivity contribution in [2.75, 3.05) is 20.2 Å². The molecule has 0 aromatic heterocycles. The van der Waals surface area contributed by atoms with Crippen molar-refractivity contribution >= 4 is 16.0 Å². The molecular formula is C14H22N2O4S. The first-order valence-corrected chi connectivity index (χ1v) is 8.26. The number of hydrogen-bond donors (Lipinski definition) is 2. The average Bonchev–Trinajstić information content (AvgIpc) is 2.45. The van der Waals surface area contributed by atoms with Gasteiger partial charge in [-0.1, -0.05) is 19.9 Å². The van der Waals surface area contributed by atoms with E-state index in [-0.39, 0.29) is 10.5 Å². The summed E-state index contributed by atoms with van der Waals surface area (Å²) in [4.78, 5) is 11.5. The standard InChI is InChI=1S/C14H22N2O4S/c1-11(2)15-8-5-9-16-21(18,19)13-7-4-6-12(10-13)14(17)20-3/h4,6-7,10-11,15-16H,5,8-9H2,1-3H3. The normalized spacial score (nSPS) is 11.6. The second-order valence-corrected chi connectivity index (χ2v) is 6.65. The molecule has 7 heteroatoms. The summed E-state index contributed by atoms with van der Waals surface area (Å²) in [5, 5.41) is 3.21. The van der Waals surface area contributed by atoms with Gasteiger partial charge in [-0.3, -0.25) is 0 Å². The molecule has 0 bridgehead atoms. The Kier molecular flexibility index (Phi) is 6.80.